The number of carbonyl (C=O) groups excluding carboxylic acids is 1. The summed E-state index contributed by atoms with van der Waals surface area (Å²) in [6, 6.07) is 17.4. The van der Waals surface area contributed by atoms with Crippen LogP contribution in [0.1, 0.15) is 35.7 Å². The molecule has 1 aliphatic rings. The molecule has 1 aliphatic heterocycles. The fourth-order valence-electron chi connectivity index (χ4n) is 3.58. The number of amides is 1. The van der Waals surface area contributed by atoms with E-state index in [0.29, 0.717) is 12.1 Å². The fraction of sp³-hybridized carbons (Fsp3) is 0.227. The number of hydrogen-bond acceptors (Lipinski definition) is 3. The third-order valence-corrected chi connectivity index (χ3v) is 5.01. The minimum absolute atomic E-state index is 0.0245. The number of likely N-dealkylation sites (tertiary alicyclic amines) is 1. The molecular formula is C22H20N4O. The Balaban J connectivity index is 1.48. The highest BCUT2D eigenvalue weighted by Crippen LogP contribution is 2.27. The molecule has 4 rings (SSSR count). The summed E-state index contributed by atoms with van der Waals surface area (Å²) >= 11 is 0. The average molecular weight is 356 g/mol. The van der Waals surface area contributed by atoms with Gasteiger partial charge in [0.05, 0.1) is 22.7 Å². The van der Waals surface area contributed by atoms with Gasteiger partial charge in [-0.15, -0.1) is 0 Å². The second kappa shape index (κ2) is 7.46. The van der Waals surface area contributed by atoms with Crippen LogP contribution in [0.5, 0.6) is 0 Å². The van der Waals surface area contributed by atoms with Gasteiger partial charge < -0.3 is 9.88 Å². The SMILES string of the molecule is N#Cc1ccccc1/C=C/C(=O)N1CCCC(c2nc3ccccc3[nH]2)C1. The Morgan fingerprint density at radius 1 is 1.22 bits per heavy atom. The predicted molar refractivity (Wildman–Crippen MR) is 105 cm³/mol. The normalized spacial score (nSPS) is 17.3. The van der Waals surface area contributed by atoms with Crippen molar-refractivity contribution in [2.75, 3.05) is 13.1 Å². The first kappa shape index (κ1) is 17.0. The minimum atomic E-state index is -0.0245. The number of benzene rings is 2. The largest absolute Gasteiger partial charge is 0.342 e. The summed E-state index contributed by atoms with van der Waals surface area (Å²) in [5, 5.41) is 9.16. The number of aromatic nitrogens is 2. The molecule has 1 saturated heterocycles. The number of rotatable bonds is 3. The zero-order valence-corrected chi connectivity index (χ0v) is 14.9. The van der Waals surface area contributed by atoms with E-state index in [0.717, 1.165) is 41.8 Å². The number of nitrogens with zero attached hydrogens (tertiary/aromatic N) is 3. The second-order valence-corrected chi connectivity index (χ2v) is 6.79. The standard InChI is InChI=1S/C22H20N4O/c23-14-17-7-2-1-6-16(17)11-12-21(27)26-13-5-8-18(15-26)22-24-19-9-3-4-10-20(19)25-22/h1-4,6-7,9-12,18H,5,8,13,15H2,(H,24,25)/b12-11+. The molecule has 0 saturated carbocycles. The van der Waals surface area contributed by atoms with Crippen molar-refractivity contribution < 1.29 is 4.79 Å². The van der Waals surface area contributed by atoms with Crippen molar-refractivity contribution in [3.8, 4) is 6.07 Å². The predicted octanol–water partition coefficient (Wildman–Crippen LogP) is 3.85. The van der Waals surface area contributed by atoms with Crippen LogP contribution in [0.25, 0.3) is 17.1 Å². The lowest BCUT2D eigenvalue weighted by atomic mass is 9.97. The lowest BCUT2D eigenvalue weighted by molar-refractivity contribution is -0.127. The van der Waals surface area contributed by atoms with Crippen molar-refractivity contribution in [2.45, 2.75) is 18.8 Å². The lowest BCUT2D eigenvalue weighted by Gasteiger charge is -2.31. The highest BCUT2D eigenvalue weighted by atomic mass is 16.2. The first-order valence-electron chi connectivity index (χ1n) is 9.15. The van der Waals surface area contributed by atoms with Crippen LogP contribution in [0, 0.1) is 11.3 Å². The van der Waals surface area contributed by atoms with Crippen LogP contribution in [0.2, 0.25) is 0 Å². The number of piperidine rings is 1. The molecule has 1 fully saturated rings. The van der Waals surface area contributed by atoms with E-state index in [1.807, 2.05) is 47.4 Å². The molecule has 0 bridgehead atoms. The van der Waals surface area contributed by atoms with Crippen LogP contribution in [-0.4, -0.2) is 33.9 Å². The van der Waals surface area contributed by atoms with Crippen molar-refractivity contribution in [1.82, 2.24) is 14.9 Å². The average Bonchev–Trinajstić information content (AvgIpc) is 3.16. The number of nitrogens with one attached hydrogen (secondary N) is 1. The van der Waals surface area contributed by atoms with E-state index in [1.54, 1.807) is 18.2 Å². The Labute approximate surface area is 158 Å². The summed E-state index contributed by atoms with van der Waals surface area (Å²) in [5.74, 6) is 1.14. The Hall–Kier alpha value is -3.39. The molecule has 1 N–H and O–H groups in total. The summed E-state index contributed by atoms with van der Waals surface area (Å²) < 4.78 is 0. The van der Waals surface area contributed by atoms with Gasteiger partial charge in [0.15, 0.2) is 0 Å². The lowest BCUT2D eigenvalue weighted by Crippen LogP contribution is -2.38. The molecule has 5 heteroatoms. The first-order valence-corrected chi connectivity index (χ1v) is 9.15. The number of nitriles is 1. The maximum atomic E-state index is 12.6. The number of H-pyrrole nitrogens is 1. The topological polar surface area (TPSA) is 72.8 Å². The fourth-order valence-corrected chi connectivity index (χ4v) is 3.58. The van der Waals surface area contributed by atoms with E-state index < -0.39 is 0 Å². The number of imidazole rings is 1. The Morgan fingerprint density at radius 2 is 2.04 bits per heavy atom. The van der Waals surface area contributed by atoms with Crippen LogP contribution in [-0.2, 0) is 4.79 Å². The molecule has 1 aromatic heterocycles. The van der Waals surface area contributed by atoms with E-state index in [2.05, 4.69) is 11.1 Å². The van der Waals surface area contributed by atoms with Crippen molar-refractivity contribution in [2.24, 2.45) is 0 Å². The smallest absolute Gasteiger partial charge is 0.246 e. The highest BCUT2D eigenvalue weighted by Gasteiger charge is 2.25. The van der Waals surface area contributed by atoms with Crippen LogP contribution in [0.15, 0.2) is 54.6 Å². The molecule has 0 radical (unpaired) electrons. The van der Waals surface area contributed by atoms with Gasteiger partial charge in [0.2, 0.25) is 5.91 Å². The van der Waals surface area contributed by atoms with Crippen molar-refractivity contribution in [3.05, 3.63) is 71.6 Å². The van der Waals surface area contributed by atoms with E-state index in [1.165, 1.54) is 0 Å². The zero-order valence-electron chi connectivity index (χ0n) is 14.9. The molecule has 2 heterocycles. The van der Waals surface area contributed by atoms with Crippen LogP contribution in [0.4, 0.5) is 0 Å². The molecule has 3 aromatic rings. The summed E-state index contributed by atoms with van der Waals surface area (Å²) in [7, 11) is 0. The van der Waals surface area contributed by atoms with Gasteiger partial charge in [-0.25, -0.2) is 4.98 Å². The number of hydrogen-bond donors (Lipinski definition) is 1. The van der Waals surface area contributed by atoms with Gasteiger partial charge in [-0.2, -0.15) is 5.26 Å². The van der Waals surface area contributed by atoms with Gasteiger partial charge in [-0.3, -0.25) is 4.79 Å². The van der Waals surface area contributed by atoms with Gasteiger partial charge in [0, 0.05) is 25.1 Å². The van der Waals surface area contributed by atoms with E-state index in [9.17, 15) is 4.79 Å². The summed E-state index contributed by atoms with van der Waals surface area (Å²) in [6.07, 6.45) is 5.27. The zero-order chi connectivity index (χ0) is 18.6. The number of carbonyl (C=O) groups is 1. The first-order chi connectivity index (χ1) is 13.2. The van der Waals surface area contributed by atoms with Gasteiger partial charge in [-0.1, -0.05) is 30.3 Å². The van der Waals surface area contributed by atoms with Gasteiger partial charge >= 0.3 is 0 Å². The monoisotopic (exact) mass is 356 g/mol. The second-order valence-electron chi connectivity index (χ2n) is 6.79. The summed E-state index contributed by atoms with van der Waals surface area (Å²) in [5.41, 5.74) is 3.33. The van der Waals surface area contributed by atoms with E-state index >= 15 is 0 Å². The third-order valence-electron chi connectivity index (χ3n) is 5.01. The number of fused-ring (bicyclic) bond motifs is 1. The van der Waals surface area contributed by atoms with Gasteiger partial charge in [0.1, 0.15) is 5.82 Å². The molecular weight excluding hydrogens is 336 g/mol. The number of aromatic amines is 1. The maximum absolute atomic E-state index is 12.6. The van der Waals surface area contributed by atoms with Crippen molar-refractivity contribution >= 4 is 23.0 Å². The van der Waals surface area contributed by atoms with Crippen LogP contribution >= 0.6 is 0 Å². The maximum Gasteiger partial charge on any atom is 0.246 e. The quantitative estimate of drug-likeness (QED) is 0.724. The van der Waals surface area contributed by atoms with Gasteiger partial charge in [0.25, 0.3) is 0 Å². The summed E-state index contributed by atoms with van der Waals surface area (Å²) in [6.45, 7) is 1.41. The third kappa shape index (κ3) is 3.61. The van der Waals surface area contributed by atoms with Crippen molar-refractivity contribution in [3.63, 3.8) is 0 Å². The molecule has 0 aliphatic carbocycles. The Morgan fingerprint density at radius 3 is 2.89 bits per heavy atom. The Bertz CT molecular complexity index is 1010. The number of para-hydroxylation sites is 2. The van der Waals surface area contributed by atoms with Crippen LogP contribution in [0.3, 0.4) is 0 Å². The molecule has 2 aromatic carbocycles. The molecule has 134 valence electrons. The van der Waals surface area contributed by atoms with E-state index in [-0.39, 0.29) is 11.8 Å². The van der Waals surface area contributed by atoms with Crippen molar-refractivity contribution in [1.29, 1.82) is 5.26 Å². The summed E-state index contributed by atoms with van der Waals surface area (Å²) in [4.78, 5) is 22.6. The molecule has 0 spiro atoms. The van der Waals surface area contributed by atoms with Crippen LogP contribution < -0.4 is 0 Å². The molecule has 1 unspecified atom stereocenters. The molecule has 5 nitrogen and oxygen atoms in total. The van der Waals surface area contributed by atoms with E-state index in [4.69, 9.17) is 10.2 Å². The Kier molecular flexibility index (Phi) is 4.71. The molecule has 1 amide bonds. The highest BCUT2D eigenvalue weighted by molar-refractivity contribution is 5.92. The minimum Gasteiger partial charge on any atom is -0.342 e. The van der Waals surface area contributed by atoms with Gasteiger partial charge in [-0.05, 0) is 42.7 Å². The molecule has 1 atom stereocenters. The molecule has 27 heavy (non-hydrogen) atoms.